The average molecular weight is 425 g/mol. The van der Waals surface area contributed by atoms with E-state index >= 15 is 0 Å². The maximum absolute atomic E-state index is 12.8. The molecule has 0 unspecified atom stereocenters. The molecule has 1 aliphatic rings. The minimum Gasteiger partial charge on any atom is -0.497 e. The van der Waals surface area contributed by atoms with E-state index in [1.54, 1.807) is 35.7 Å². The summed E-state index contributed by atoms with van der Waals surface area (Å²) < 4.78 is 33.2. The number of ether oxygens (including phenoxy) is 1. The molecule has 0 N–H and O–H groups in total. The molecule has 0 aliphatic carbocycles. The first kappa shape index (κ1) is 18.4. The Bertz CT molecular complexity index is 799. The summed E-state index contributed by atoms with van der Waals surface area (Å²) in [6, 6.07) is 14.8. The van der Waals surface area contributed by atoms with Crippen LogP contribution in [-0.2, 0) is 16.6 Å². The summed E-state index contributed by atoms with van der Waals surface area (Å²) in [5, 5.41) is 0. The summed E-state index contributed by atoms with van der Waals surface area (Å²) in [7, 11) is -1.88. The Hall–Kier alpha value is -1.41. The normalized spacial score (nSPS) is 16.7. The molecular weight excluding hydrogens is 404 g/mol. The topological polar surface area (TPSA) is 49.9 Å². The highest BCUT2D eigenvalue weighted by atomic mass is 79.9. The maximum Gasteiger partial charge on any atom is 0.243 e. The van der Waals surface area contributed by atoms with Crippen molar-refractivity contribution in [1.82, 2.24) is 9.21 Å². The molecular formula is C18H21BrN2O3S. The predicted molar refractivity (Wildman–Crippen MR) is 101 cm³/mol. The van der Waals surface area contributed by atoms with Crippen LogP contribution in [0.25, 0.3) is 0 Å². The van der Waals surface area contributed by atoms with Gasteiger partial charge in [-0.2, -0.15) is 4.31 Å². The quantitative estimate of drug-likeness (QED) is 0.739. The number of piperazine rings is 1. The van der Waals surface area contributed by atoms with Crippen molar-refractivity contribution in [1.29, 1.82) is 0 Å². The fourth-order valence-electron chi connectivity index (χ4n) is 2.87. The van der Waals surface area contributed by atoms with Gasteiger partial charge >= 0.3 is 0 Å². The number of methoxy groups -OCH3 is 1. The van der Waals surface area contributed by atoms with E-state index in [0.29, 0.717) is 23.7 Å². The van der Waals surface area contributed by atoms with Gasteiger partial charge in [-0.1, -0.05) is 28.1 Å². The third-order valence-electron chi connectivity index (χ3n) is 4.35. The zero-order valence-corrected chi connectivity index (χ0v) is 16.5. The van der Waals surface area contributed by atoms with Crippen molar-refractivity contribution in [3.05, 3.63) is 58.6 Å². The van der Waals surface area contributed by atoms with Crippen molar-refractivity contribution in [3.8, 4) is 5.75 Å². The van der Waals surface area contributed by atoms with Crippen LogP contribution in [0.1, 0.15) is 5.56 Å². The van der Waals surface area contributed by atoms with Crippen LogP contribution in [0.5, 0.6) is 5.75 Å². The highest BCUT2D eigenvalue weighted by Crippen LogP contribution is 2.21. The number of rotatable bonds is 5. The summed E-state index contributed by atoms with van der Waals surface area (Å²) in [5.74, 6) is 0.651. The first-order valence-electron chi connectivity index (χ1n) is 8.10. The molecule has 1 heterocycles. The lowest BCUT2D eigenvalue weighted by Crippen LogP contribution is -2.48. The second kappa shape index (κ2) is 7.86. The number of hydrogen-bond acceptors (Lipinski definition) is 4. The van der Waals surface area contributed by atoms with Crippen LogP contribution in [-0.4, -0.2) is 50.9 Å². The van der Waals surface area contributed by atoms with Crippen molar-refractivity contribution in [3.63, 3.8) is 0 Å². The molecule has 134 valence electrons. The molecule has 1 aliphatic heterocycles. The Kier molecular flexibility index (Phi) is 5.78. The number of sulfonamides is 1. The van der Waals surface area contributed by atoms with Gasteiger partial charge in [-0.15, -0.1) is 0 Å². The fourth-order valence-corrected chi connectivity index (χ4v) is 4.56. The molecule has 0 amide bonds. The summed E-state index contributed by atoms with van der Waals surface area (Å²) in [5.41, 5.74) is 1.23. The fraction of sp³-hybridized carbons (Fsp3) is 0.333. The first-order valence-corrected chi connectivity index (χ1v) is 10.3. The lowest BCUT2D eigenvalue weighted by molar-refractivity contribution is 0.181. The average Bonchev–Trinajstić information content (AvgIpc) is 2.64. The highest BCUT2D eigenvalue weighted by molar-refractivity contribution is 9.10. The molecule has 0 aromatic heterocycles. The molecule has 5 nitrogen and oxygen atoms in total. The molecule has 7 heteroatoms. The third-order valence-corrected chi connectivity index (χ3v) is 6.79. The van der Waals surface area contributed by atoms with Gasteiger partial charge in [0.2, 0.25) is 10.0 Å². The standard InChI is InChI=1S/C18H21BrN2O3S/c1-24-17-6-8-18(9-7-17)25(22,23)21-12-10-20(11-13-21)14-15-2-4-16(19)5-3-15/h2-9H,10-14H2,1H3. The van der Waals surface area contributed by atoms with Crippen molar-refractivity contribution >= 4 is 26.0 Å². The van der Waals surface area contributed by atoms with Gasteiger partial charge in [0.25, 0.3) is 0 Å². The van der Waals surface area contributed by atoms with Crippen molar-refractivity contribution in [2.24, 2.45) is 0 Å². The lowest BCUT2D eigenvalue weighted by Gasteiger charge is -2.34. The molecule has 0 bridgehead atoms. The molecule has 2 aromatic rings. The molecule has 1 fully saturated rings. The zero-order chi connectivity index (χ0) is 17.9. The van der Waals surface area contributed by atoms with E-state index in [1.807, 2.05) is 12.1 Å². The van der Waals surface area contributed by atoms with E-state index in [0.717, 1.165) is 24.1 Å². The first-order chi connectivity index (χ1) is 12.0. The van der Waals surface area contributed by atoms with Gasteiger partial charge in [0.1, 0.15) is 5.75 Å². The Morgan fingerprint density at radius 1 is 0.960 bits per heavy atom. The summed E-state index contributed by atoms with van der Waals surface area (Å²) in [6.07, 6.45) is 0. The molecule has 0 atom stereocenters. The maximum atomic E-state index is 12.8. The van der Waals surface area contributed by atoms with Crippen LogP contribution in [0.15, 0.2) is 57.9 Å². The van der Waals surface area contributed by atoms with Crippen LogP contribution in [0, 0.1) is 0 Å². The summed E-state index contributed by atoms with van der Waals surface area (Å²) in [6.45, 7) is 3.30. The van der Waals surface area contributed by atoms with Gasteiger partial charge in [0.05, 0.1) is 12.0 Å². The van der Waals surface area contributed by atoms with Crippen LogP contribution >= 0.6 is 15.9 Å². The largest absolute Gasteiger partial charge is 0.497 e. The Morgan fingerprint density at radius 2 is 1.56 bits per heavy atom. The number of nitrogens with zero attached hydrogens (tertiary/aromatic N) is 2. The van der Waals surface area contributed by atoms with Crippen molar-refractivity contribution < 1.29 is 13.2 Å². The molecule has 0 radical (unpaired) electrons. The predicted octanol–water partition coefficient (Wildman–Crippen LogP) is 2.96. The van der Waals surface area contributed by atoms with E-state index in [4.69, 9.17) is 4.74 Å². The molecule has 1 saturated heterocycles. The van der Waals surface area contributed by atoms with Crippen LogP contribution < -0.4 is 4.74 Å². The van der Waals surface area contributed by atoms with E-state index in [2.05, 4.69) is 33.0 Å². The van der Waals surface area contributed by atoms with Gasteiger partial charge in [-0.25, -0.2) is 8.42 Å². The summed E-state index contributed by atoms with van der Waals surface area (Å²) >= 11 is 3.44. The Morgan fingerprint density at radius 3 is 2.12 bits per heavy atom. The Balaban J connectivity index is 1.61. The van der Waals surface area contributed by atoms with Gasteiger partial charge in [-0.05, 0) is 42.0 Å². The van der Waals surface area contributed by atoms with Gasteiger partial charge in [0, 0.05) is 37.2 Å². The zero-order valence-electron chi connectivity index (χ0n) is 14.1. The smallest absolute Gasteiger partial charge is 0.243 e. The van der Waals surface area contributed by atoms with Gasteiger partial charge in [-0.3, -0.25) is 4.90 Å². The van der Waals surface area contributed by atoms with E-state index in [1.165, 1.54) is 5.56 Å². The second-order valence-electron chi connectivity index (χ2n) is 5.98. The van der Waals surface area contributed by atoms with Gasteiger partial charge < -0.3 is 4.74 Å². The number of benzene rings is 2. The van der Waals surface area contributed by atoms with Crippen LogP contribution in [0.3, 0.4) is 0 Å². The van der Waals surface area contributed by atoms with E-state index in [9.17, 15) is 8.42 Å². The minimum atomic E-state index is -3.44. The van der Waals surface area contributed by atoms with Crippen LogP contribution in [0.2, 0.25) is 0 Å². The van der Waals surface area contributed by atoms with Crippen molar-refractivity contribution in [2.45, 2.75) is 11.4 Å². The third kappa shape index (κ3) is 4.41. The van der Waals surface area contributed by atoms with Crippen LogP contribution in [0.4, 0.5) is 0 Å². The number of hydrogen-bond donors (Lipinski definition) is 0. The molecule has 0 saturated carbocycles. The van der Waals surface area contributed by atoms with Gasteiger partial charge in [0.15, 0.2) is 0 Å². The SMILES string of the molecule is COc1ccc(S(=O)(=O)N2CCN(Cc3ccc(Br)cc3)CC2)cc1. The molecule has 2 aromatic carbocycles. The lowest BCUT2D eigenvalue weighted by atomic mass is 10.2. The summed E-state index contributed by atoms with van der Waals surface area (Å²) in [4.78, 5) is 2.60. The molecule has 0 spiro atoms. The molecule has 3 rings (SSSR count). The Labute approximate surface area is 157 Å². The van der Waals surface area contributed by atoms with E-state index < -0.39 is 10.0 Å². The minimum absolute atomic E-state index is 0.314. The molecule has 25 heavy (non-hydrogen) atoms. The van der Waals surface area contributed by atoms with E-state index in [-0.39, 0.29) is 0 Å². The number of halogens is 1. The monoisotopic (exact) mass is 424 g/mol. The highest BCUT2D eigenvalue weighted by Gasteiger charge is 2.28. The van der Waals surface area contributed by atoms with Crippen molar-refractivity contribution in [2.75, 3.05) is 33.3 Å². The second-order valence-corrected chi connectivity index (χ2v) is 8.84.